The average molecular weight is 291 g/mol. The Morgan fingerprint density at radius 3 is 2.80 bits per heavy atom. The third kappa shape index (κ3) is 2.33. The highest BCUT2D eigenvalue weighted by Gasteiger charge is 2.16. The molecule has 7 heteroatoms. The number of carboxylic acids is 1. The van der Waals surface area contributed by atoms with E-state index in [1.54, 1.807) is 6.92 Å². The third-order valence-electron chi connectivity index (χ3n) is 2.74. The number of carbonyl (C=O) groups is 1. The van der Waals surface area contributed by atoms with Gasteiger partial charge in [-0.3, -0.25) is 9.78 Å². The number of pyridine rings is 1. The summed E-state index contributed by atoms with van der Waals surface area (Å²) in [5.41, 5.74) is 0.549. The number of aromatic nitrogens is 3. The molecule has 0 aliphatic rings. The number of aromatic amines is 1. The molecule has 0 aromatic carbocycles. The van der Waals surface area contributed by atoms with Gasteiger partial charge >= 0.3 is 0 Å². The lowest BCUT2D eigenvalue weighted by atomic mass is 9.99. The second-order valence-corrected chi connectivity index (χ2v) is 4.37. The summed E-state index contributed by atoms with van der Waals surface area (Å²) in [4.78, 5) is 26.7. The Hall–Kier alpha value is -2.47. The molecule has 0 radical (unpaired) electrons. The van der Waals surface area contributed by atoms with Crippen LogP contribution >= 0.6 is 11.6 Å². The zero-order valence-corrected chi connectivity index (χ0v) is 11.2. The zero-order valence-electron chi connectivity index (χ0n) is 10.4. The van der Waals surface area contributed by atoms with Crippen molar-refractivity contribution in [3.63, 3.8) is 0 Å². The lowest BCUT2D eigenvalue weighted by Gasteiger charge is -2.12. The van der Waals surface area contributed by atoms with Crippen LogP contribution < -0.4 is 10.7 Å². The van der Waals surface area contributed by atoms with Crippen molar-refractivity contribution < 1.29 is 9.90 Å². The minimum Gasteiger partial charge on any atom is -0.543 e. The molecular weight excluding hydrogens is 282 g/mol. The Balaban J connectivity index is 2.88. The van der Waals surface area contributed by atoms with E-state index in [1.807, 2.05) is 0 Å². The van der Waals surface area contributed by atoms with Gasteiger partial charge in [0.15, 0.2) is 0 Å². The number of carboxylic acid groups (broad SMARTS) is 1. The van der Waals surface area contributed by atoms with E-state index in [4.69, 9.17) is 11.6 Å². The van der Waals surface area contributed by atoms with Gasteiger partial charge in [-0.25, -0.2) is 5.10 Å². The maximum absolute atomic E-state index is 11.9. The van der Waals surface area contributed by atoms with Crippen LogP contribution in [-0.2, 0) is 0 Å². The number of carbonyl (C=O) groups excluding carboxylic acids is 1. The summed E-state index contributed by atoms with van der Waals surface area (Å²) in [6.45, 7) is 5.25. The predicted molar refractivity (Wildman–Crippen MR) is 72.3 cm³/mol. The van der Waals surface area contributed by atoms with E-state index in [0.717, 1.165) is 0 Å². The molecule has 0 atom stereocenters. The van der Waals surface area contributed by atoms with Crippen LogP contribution in [0.1, 0.15) is 21.7 Å². The number of H-pyrrole nitrogens is 1. The smallest absolute Gasteiger partial charge is 0.273 e. The quantitative estimate of drug-likeness (QED) is 0.901. The summed E-state index contributed by atoms with van der Waals surface area (Å²) >= 11 is 5.98. The van der Waals surface area contributed by atoms with Gasteiger partial charge < -0.3 is 9.90 Å². The second-order valence-electron chi connectivity index (χ2n) is 3.97. The van der Waals surface area contributed by atoms with Crippen molar-refractivity contribution >= 4 is 23.6 Å². The van der Waals surface area contributed by atoms with Crippen LogP contribution in [0.5, 0.6) is 0 Å². The lowest BCUT2D eigenvalue weighted by molar-refractivity contribution is -0.255. The van der Waals surface area contributed by atoms with Crippen LogP contribution in [0.4, 0.5) is 0 Å². The van der Waals surface area contributed by atoms with Gasteiger partial charge in [-0.15, -0.1) is 0 Å². The van der Waals surface area contributed by atoms with E-state index in [1.165, 1.54) is 18.3 Å². The van der Waals surface area contributed by atoms with E-state index in [9.17, 15) is 14.7 Å². The van der Waals surface area contributed by atoms with Crippen molar-refractivity contribution in [3.05, 3.63) is 51.2 Å². The van der Waals surface area contributed by atoms with Crippen LogP contribution in [-0.4, -0.2) is 21.2 Å². The van der Waals surface area contributed by atoms with Gasteiger partial charge in [0.05, 0.1) is 28.4 Å². The van der Waals surface area contributed by atoms with Gasteiger partial charge in [-0.05, 0) is 13.0 Å². The first-order chi connectivity index (χ1) is 9.45. The number of aromatic carboxylic acids is 1. The van der Waals surface area contributed by atoms with E-state index >= 15 is 0 Å². The highest BCUT2D eigenvalue weighted by Crippen LogP contribution is 2.29. The first-order valence-electron chi connectivity index (χ1n) is 5.54. The molecule has 0 amide bonds. The monoisotopic (exact) mass is 290 g/mol. The van der Waals surface area contributed by atoms with Gasteiger partial charge in [-0.1, -0.05) is 24.3 Å². The normalized spacial score (nSPS) is 10.3. The summed E-state index contributed by atoms with van der Waals surface area (Å²) < 4.78 is 0. The highest BCUT2D eigenvalue weighted by atomic mass is 35.5. The molecular formula is C13H9ClN3O3-. The molecule has 1 N–H and O–H groups in total. The predicted octanol–water partition coefficient (Wildman–Crippen LogP) is 0.800. The number of rotatable bonds is 3. The minimum atomic E-state index is -1.44. The molecule has 2 rings (SSSR count). The lowest BCUT2D eigenvalue weighted by Crippen LogP contribution is -2.24. The molecule has 0 aliphatic carbocycles. The van der Waals surface area contributed by atoms with Crippen molar-refractivity contribution in [3.8, 4) is 11.1 Å². The summed E-state index contributed by atoms with van der Waals surface area (Å²) in [6, 6.07) is 1.23. The molecule has 2 aromatic heterocycles. The number of aryl methyl sites for hydroxylation is 1. The standard InChI is InChI=1S/C13H10ClN3O3/c1-3-7-6(2)16-10(13(19)20)4-8(7)11-9(14)5-15-17-12(11)18/h3-5H,1H2,2H3,(H,17,18)(H,19,20)/p-1. The van der Waals surface area contributed by atoms with E-state index in [-0.39, 0.29) is 16.3 Å². The average Bonchev–Trinajstić information content (AvgIpc) is 2.38. The Morgan fingerprint density at radius 1 is 1.55 bits per heavy atom. The number of hydrogen-bond acceptors (Lipinski definition) is 5. The number of nitrogens with zero attached hydrogens (tertiary/aromatic N) is 2. The van der Waals surface area contributed by atoms with Crippen LogP contribution in [0.25, 0.3) is 17.2 Å². The van der Waals surface area contributed by atoms with Gasteiger partial charge in [0.1, 0.15) is 0 Å². The first-order valence-corrected chi connectivity index (χ1v) is 5.92. The van der Waals surface area contributed by atoms with Gasteiger partial charge in [0, 0.05) is 16.8 Å². The molecule has 102 valence electrons. The zero-order chi connectivity index (χ0) is 14.9. The van der Waals surface area contributed by atoms with E-state index in [2.05, 4.69) is 21.8 Å². The van der Waals surface area contributed by atoms with Crippen molar-refractivity contribution in [1.82, 2.24) is 15.2 Å². The maximum atomic E-state index is 11.9. The number of hydrogen-bond donors (Lipinski definition) is 1. The van der Waals surface area contributed by atoms with Crippen LogP contribution in [0.15, 0.2) is 23.6 Å². The largest absolute Gasteiger partial charge is 0.543 e. The molecule has 0 bridgehead atoms. The summed E-state index contributed by atoms with van der Waals surface area (Å²) in [6.07, 6.45) is 2.74. The minimum absolute atomic E-state index is 0.103. The molecule has 20 heavy (non-hydrogen) atoms. The SMILES string of the molecule is C=Cc1c(-c2c(Cl)cn[nH]c2=O)cc(C(=O)[O-])nc1C. The second kappa shape index (κ2) is 5.26. The van der Waals surface area contributed by atoms with Crippen molar-refractivity contribution in [2.75, 3.05) is 0 Å². The molecule has 6 nitrogen and oxygen atoms in total. The number of halogens is 1. The molecule has 0 saturated carbocycles. The first kappa shape index (κ1) is 14.0. The Labute approximate surface area is 118 Å². The fraction of sp³-hybridized carbons (Fsp3) is 0.0769. The topological polar surface area (TPSA) is 98.8 Å². The Morgan fingerprint density at radius 2 is 2.25 bits per heavy atom. The van der Waals surface area contributed by atoms with E-state index in [0.29, 0.717) is 16.8 Å². The summed E-state index contributed by atoms with van der Waals surface area (Å²) in [5, 5.41) is 16.9. The van der Waals surface area contributed by atoms with Crippen molar-refractivity contribution in [2.45, 2.75) is 6.92 Å². The molecule has 2 aromatic rings. The molecule has 0 aliphatic heterocycles. The highest BCUT2D eigenvalue weighted by molar-refractivity contribution is 6.33. The fourth-order valence-corrected chi connectivity index (χ4v) is 2.12. The van der Waals surface area contributed by atoms with Gasteiger partial charge in [-0.2, -0.15) is 5.10 Å². The maximum Gasteiger partial charge on any atom is 0.273 e. The van der Waals surface area contributed by atoms with Crippen molar-refractivity contribution in [1.29, 1.82) is 0 Å². The fourth-order valence-electron chi connectivity index (χ4n) is 1.88. The Kier molecular flexibility index (Phi) is 3.67. The summed E-state index contributed by atoms with van der Waals surface area (Å²) in [7, 11) is 0. The molecule has 0 unspecified atom stereocenters. The van der Waals surface area contributed by atoms with Crippen LogP contribution in [0, 0.1) is 6.92 Å². The molecule has 0 spiro atoms. The van der Waals surface area contributed by atoms with Crippen LogP contribution in [0.3, 0.4) is 0 Å². The van der Waals surface area contributed by atoms with Crippen LogP contribution in [0.2, 0.25) is 5.02 Å². The molecule has 0 saturated heterocycles. The van der Waals surface area contributed by atoms with Gasteiger partial charge in [0.2, 0.25) is 0 Å². The molecule has 2 heterocycles. The summed E-state index contributed by atoms with van der Waals surface area (Å²) in [5.74, 6) is -1.44. The molecule has 0 fully saturated rings. The van der Waals surface area contributed by atoms with Gasteiger partial charge in [0.25, 0.3) is 5.56 Å². The third-order valence-corrected chi connectivity index (χ3v) is 3.03. The number of nitrogens with one attached hydrogen (secondary N) is 1. The van der Waals surface area contributed by atoms with E-state index < -0.39 is 11.5 Å². The Bertz CT molecular complexity index is 768. The van der Waals surface area contributed by atoms with Crippen molar-refractivity contribution in [2.24, 2.45) is 0 Å².